The zero-order valence-corrected chi connectivity index (χ0v) is 9.74. The number of hydrogen-bond donors (Lipinski definition) is 0. The second kappa shape index (κ2) is 5.34. The predicted octanol–water partition coefficient (Wildman–Crippen LogP) is 3.47. The molecule has 0 aliphatic rings. The second-order valence-electron chi connectivity index (χ2n) is 3.47. The predicted molar refractivity (Wildman–Crippen MR) is 69.0 cm³/mol. The monoisotopic (exact) mass is 240 g/mol. The fourth-order valence-electron chi connectivity index (χ4n) is 1.39. The van der Waals surface area contributed by atoms with Crippen LogP contribution >= 0.6 is 11.6 Å². The van der Waals surface area contributed by atoms with Crippen LogP contribution in [0, 0.1) is 11.8 Å². The molecule has 2 heteroatoms. The fourth-order valence-corrected chi connectivity index (χ4v) is 1.50. The molecule has 0 spiro atoms. The van der Waals surface area contributed by atoms with Crippen molar-refractivity contribution in [3.05, 3.63) is 71.3 Å². The zero-order chi connectivity index (χ0) is 12.1. The van der Waals surface area contributed by atoms with Crippen molar-refractivity contribution in [1.82, 2.24) is 0 Å². The van der Waals surface area contributed by atoms with Gasteiger partial charge < -0.3 is 0 Å². The minimum Gasteiger partial charge on any atom is -0.276 e. The van der Waals surface area contributed by atoms with Crippen LogP contribution in [0.5, 0.6) is 0 Å². The molecule has 0 unspecified atom stereocenters. The molecule has 0 aliphatic carbocycles. The maximum absolute atomic E-state index is 11.0. The molecule has 0 saturated heterocycles. The van der Waals surface area contributed by atoms with Gasteiger partial charge in [-0.2, -0.15) is 0 Å². The van der Waals surface area contributed by atoms with Gasteiger partial charge in [-0.05, 0) is 35.9 Å². The summed E-state index contributed by atoms with van der Waals surface area (Å²) in [7, 11) is 0. The van der Waals surface area contributed by atoms with Gasteiger partial charge in [-0.3, -0.25) is 4.79 Å². The Bertz CT molecular complexity index is 591. The number of hydrogen-bond acceptors (Lipinski definition) is 1. The third-order valence-corrected chi connectivity index (χ3v) is 2.43. The summed E-state index contributed by atoms with van der Waals surface area (Å²) in [6.45, 7) is 0. The van der Waals surface area contributed by atoms with E-state index in [9.17, 15) is 4.79 Å². The standard InChI is InChI=1S/C15H9ClO/c16-15(17)14-8-4-7-13(11-14)10-9-12-5-2-1-3-6-12/h1-8,11H. The van der Waals surface area contributed by atoms with Crippen molar-refractivity contribution in [2.75, 3.05) is 0 Å². The lowest BCUT2D eigenvalue weighted by molar-refractivity contribution is 0.108. The largest absolute Gasteiger partial charge is 0.276 e. The van der Waals surface area contributed by atoms with Crippen LogP contribution in [-0.4, -0.2) is 5.24 Å². The quantitative estimate of drug-likeness (QED) is 0.551. The summed E-state index contributed by atoms with van der Waals surface area (Å²) in [5, 5.41) is -0.464. The molecule has 0 amide bonds. The minimum absolute atomic E-state index is 0.464. The normalized spacial score (nSPS) is 9.24. The molecule has 0 aromatic heterocycles. The Morgan fingerprint density at radius 2 is 1.53 bits per heavy atom. The van der Waals surface area contributed by atoms with E-state index in [-0.39, 0.29) is 0 Å². The van der Waals surface area contributed by atoms with Gasteiger partial charge in [-0.25, -0.2) is 0 Å². The fraction of sp³-hybridized carbons (Fsp3) is 0. The smallest absolute Gasteiger partial charge is 0.252 e. The number of benzene rings is 2. The summed E-state index contributed by atoms with van der Waals surface area (Å²) in [6.07, 6.45) is 0. The molecule has 0 atom stereocenters. The molecule has 1 nitrogen and oxygen atoms in total. The Kier molecular flexibility index (Phi) is 3.59. The Morgan fingerprint density at radius 1 is 0.882 bits per heavy atom. The topological polar surface area (TPSA) is 17.1 Å². The highest BCUT2D eigenvalue weighted by Crippen LogP contribution is 2.07. The van der Waals surface area contributed by atoms with Crippen LogP contribution < -0.4 is 0 Å². The Balaban J connectivity index is 2.28. The molecular formula is C15H9ClO. The third kappa shape index (κ3) is 3.21. The lowest BCUT2D eigenvalue weighted by Gasteiger charge is -1.94. The van der Waals surface area contributed by atoms with E-state index in [1.165, 1.54) is 0 Å². The van der Waals surface area contributed by atoms with Crippen LogP contribution in [0.2, 0.25) is 0 Å². The maximum Gasteiger partial charge on any atom is 0.252 e. The first-order valence-corrected chi connectivity index (χ1v) is 5.50. The molecular weight excluding hydrogens is 232 g/mol. The molecule has 0 aliphatic heterocycles. The molecule has 2 rings (SSSR count). The molecule has 0 bridgehead atoms. The van der Waals surface area contributed by atoms with E-state index in [2.05, 4.69) is 11.8 Å². The lowest BCUT2D eigenvalue weighted by Crippen LogP contribution is -1.88. The van der Waals surface area contributed by atoms with Crippen LogP contribution in [0.4, 0.5) is 0 Å². The Hall–Kier alpha value is -2.04. The first-order chi connectivity index (χ1) is 8.25. The van der Waals surface area contributed by atoms with Crippen molar-refractivity contribution in [3.8, 4) is 11.8 Å². The van der Waals surface area contributed by atoms with E-state index >= 15 is 0 Å². The van der Waals surface area contributed by atoms with Crippen LogP contribution in [-0.2, 0) is 0 Å². The maximum atomic E-state index is 11.0. The minimum atomic E-state index is -0.464. The van der Waals surface area contributed by atoms with Gasteiger partial charge >= 0.3 is 0 Å². The van der Waals surface area contributed by atoms with Crippen molar-refractivity contribution in [2.24, 2.45) is 0 Å². The van der Waals surface area contributed by atoms with Crippen molar-refractivity contribution in [1.29, 1.82) is 0 Å². The van der Waals surface area contributed by atoms with E-state index in [1.807, 2.05) is 36.4 Å². The summed E-state index contributed by atoms with van der Waals surface area (Å²) in [5.74, 6) is 6.02. The van der Waals surface area contributed by atoms with Crippen LogP contribution in [0.3, 0.4) is 0 Å². The number of halogens is 1. The third-order valence-electron chi connectivity index (χ3n) is 2.21. The average Bonchev–Trinajstić information content (AvgIpc) is 2.38. The van der Waals surface area contributed by atoms with E-state index in [4.69, 9.17) is 11.6 Å². The van der Waals surface area contributed by atoms with E-state index < -0.39 is 5.24 Å². The van der Waals surface area contributed by atoms with Gasteiger partial charge in [-0.15, -0.1) is 0 Å². The zero-order valence-electron chi connectivity index (χ0n) is 8.98. The summed E-state index contributed by atoms with van der Waals surface area (Å²) in [5.41, 5.74) is 2.18. The summed E-state index contributed by atoms with van der Waals surface area (Å²) in [4.78, 5) is 11.0. The highest BCUT2D eigenvalue weighted by Gasteiger charge is 2.00. The summed E-state index contributed by atoms with van der Waals surface area (Å²) < 4.78 is 0. The highest BCUT2D eigenvalue weighted by molar-refractivity contribution is 6.67. The van der Waals surface area contributed by atoms with E-state index in [0.29, 0.717) is 5.56 Å². The van der Waals surface area contributed by atoms with E-state index in [1.54, 1.807) is 18.2 Å². The van der Waals surface area contributed by atoms with Gasteiger partial charge in [0.2, 0.25) is 0 Å². The average molecular weight is 241 g/mol. The summed E-state index contributed by atoms with van der Waals surface area (Å²) in [6, 6.07) is 16.6. The molecule has 82 valence electrons. The van der Waals surface area contributed by atoms with Crippen LogP contribution in [0.15, 0.2) is 54.6 Å². The van der Waals surface area contributed by atoms with Crippen molar-refractivity contribution < 1.29 is 4.79 Å². The first kappa shape index (κ1) is 11.4. The number of carbonyl (C=O) groups excluding carboxylic acids is 1. The molecule has 2 aromatic carbocycles. The van der Waals surface area contributed by atoms with Crippen LogP contribution in [0.1, 0.15) is 21.5 Å². The molecule has 2 aromatic rings. The molecule has 0 N–H and O–H groups in total. The van der Waals surface area contributed by atoms with E-state index in [0.717, 1.165) is 11.1 Å². The Labute approximate surface area is 105 Å². The Morgan fingerprint density at radius 3 is 2.24 bits per heavy atom. The van der Waals surface area contributed by atoms with Gasteiger partial charge in [0.25, 0.3) is 5.24 Å². The molecule has 0 fully saturated rings. The second-order valence-corrected chi connectivity index (χ2v) is 3.81. The van der Waals surface area contributed by atoms with Gasteiger partial charge in [0, 0.05) is 16.7 Å². The number of carbonyl (C=O) groups is 1. The molecule has 0 saturated carbocycles. The molecule has 0 heterocycles. The van der Waals surface area contributed by atoms with Crippen molar-refractivity contribution in [2.45, 2.75) is 0 Å². The van der Waals surface area contributed by atoms with Gasteiger partial charge in [0.05, 0.1) is 0 Å². The highest BCUT2D eigenvalue weighted by atomic mass is 35.5. The SMILES string of the molecule is O=C(Cl)c1cccc(C#Cc2ccccc2)c1. The van der Waals surface area contributed by atoms with Crippen LogP contribution in [0.25, 0.3) is 0 Å². The van der Waals surface area contributed by atoms with Crippen molar-refractivity contribution >= 4 is 16.8 Å². The molecule has 0 radical (unpaired) electrons. The summed E-state index contributed by atoms with van der Waals surface area (Å²) >= 11 is 5.41. The first-order valence-electron chi connectivity index (χ1n) is 5.13. The lowest BCUT2D eigenvalue weighted by atomic mass is 10.1. The number of rotatable bonds is 1. The van der Waals surface area contributed by atoms with Crippen molar-refractivity contribution in [3.63, 3.8) is 0 Å². The van der Waals surface area contributed by atoms with Gasteiger partial charge in [0.1, 0.15) is 0 Å². The molecule has 17 heavy (non-hydrogen) atoms. The van der Waals surface area contributed by atoms with Gasteiger partial charge in [-0.1, -0.05) is 42.2 Å². The van der Waals surface area contributed by atoms with Gasteiger partial charge in [0.15, 0.2) is 0 Å².